The van der Waals surface area contributed by atoms with E-state index in [0.717, 1.165) is 32.5 Å². The number of carboxylic acids is 1. The number of piperidine rings is 2. The highest BCUT2D eigenvalue weighted by atomic mass is 16.4. The van der Waals surface area contributed by atoms with Crippen molar-refractivity contribution >= 4 is 5.97 Å². The van der Waals surface area contributed by atoms with Crippen molar-refractivity contribution in [2.24, 2.45) is 5.92 Å². The molecule has 0 radical (unpaired) electrons. The maximum atomic E-state index is 10.8. The molecular formula is C13H24N2O2. The molecule has 4 heteroatoms. The van der Waals surface area contributed by atoms with Gasteiger partial charge >= 0.3 is 5.97 Å². The van der Waals surface area contributed by atoms with E-state index in [1.807, 2.05) is 0 Å². The Morgan fingerprint density at radius 1 is 1.24 bits per heavy atom. The molecule has 1 unspecified atom stereocenters. The number of nitrogens with one attached hydrogen (secondary N) is 1. The molecule has 0 aromatic rings. The minimum absolute atomic E-state index is 0.0981. The van der Waals surface area contributed by atoms with E-state index in [1.165, 1.54) is 32.2 Å². The Bertz CT molecular complexity index is 244. The molecular weight excluding hydrogens is 216 g/mol. The third kappa shape index (κ3) is 3.96. The van der Waals surface area contributed by atoms with Crippen molar-refractivity contribution in [2.45, 2.75) is 44.6 Å². The van der Waals surface area contributed by atoms with E-state index in [1.54, 1.807) is 0 Å². The van der Waals surface area contributed by atoms with Gasteiger partial charge in [-0.2, -0.15) is 0 Å². The van der Waals surface area contributed by atoms with Gasteiger partial charge in [-0.3, -0.25) is 4.79 Å². The van der Waals surface area contributed by atoms with Crippen molar-refractivity contribution in [2.75, 3.05) is 26.2 Å². The molecule has 2 saturated heterocycles. The SMILES string of the molecule is O=C(O)C1CCN(CCC2CCCCN2)CC1. The zero-order valence-electron chi connectivity index (χ0n) is 10.5. The molecule has 2 aliphatic rings. The van der Waals surface area contributed by atoms with Crippen molar-refractivity contribution in [1.29, 1.82) is 0 Å². The molecule has 2 heterocycles. The minimum atomic E-state index is -0.612. The van der Waals surface area contributed by atoms with Crippen molar-refractivity contribution in [3.8, 4) is 0 Å². The smallest absolute Gasteiger partial charge is 0.306 e. The molecule has 0 amide bonds. The van der Waals surface area contributed by atoms with Crippen LogP contribution < -0.4 is 5.32 Å². The van der Waals surface area contributed by atoms with Gasteiger partial charge in [-0.1, -0.05) is 6.42 Å². The van der Waals surface area contributed by atoms with Gasteiger partial charge in [-0.15, -0.1) is 0 Å². The Balaban J connectivity index is 1.62. The van der Waals surface area contributed by atoms with Crippen molar-refractivity contribution in [3.63, 3.8) is 0 Å². The van der Waals surface area contributed by atoms with Gasteiger partial charge in [0.1, 0.15) is 0 Å². The number of carboxylic acid groups (broad SMARTS) is 1. The number of aliphatic carboxylic acids is 1. The minimum Gasteiger partial charge on any atom is -0.481 e. The van der Waals surface area contributed by atoms with Gasteiger partial charge in [0, 0.05) is 6.04 Å². The number of hydrogen-bond donors (Lipinski definition) is 2. The first-order valence-corrected chi connectivity index (χ1v) is 6.94. The lowest BCUT2D eigenvalue weighted by atomic mass is 9.96. The Morgan fingerprint density at radius 3 is 2.59 bits per heavy atom. The van der Waals surface area contributed by atoms with Crippen LogP contribution in [0.15, 0.2) is 0 Å². The molecule has 0 aliphatic carbocycles. The van der Waals surface area contributed by atoms with Gasteiger partial charge in [0.15, 0.2) is 0 Å². The van der Waals surface area contributed by atoms with Crippen LogP contribution >= 0.6 is 0 Å². The second-order valence-corrected chi connectivity index (χ2v) is 5.39. The Kier molecular flexibility index (Phi) is 4.80. The van der Waals surface area contributed by atoms with Crippen LogP contribution in [0.1, 0.15) is 38.5 Å². The molecule has 2 aliphatic heterocycles. The summed E-state index contributed by atoms with van der Waals surface area (Å²) in [5, 5.41) is 12.5. The molecule has 2 rings (SSSR count). The van der Waals surface area contributed by atoms with E-state index < -0.39 is 5.97 Å². The fraction of sp³-hybridized carbons (Fsp3) is 0.923. The van der Waals surface area contributed by atoms with Gasteiger partial charge in [0.05, 0.1) is 5.92 Å². The summed E-state index contributed by atoms with van der Waals surface area (Å²) >= 11 is 0. The molecule has 0 aromatic heterocycles. The lowest BCUT2D eigenvalue weighted by Gasteiger charge is -2.32. The third-order valence-corrected chi connectivity index (χ3v) is 4.14. The highest BCUT2D eigenvalue weighted by molar-refractivity contribution is 5.70. The average molecular weight is 240 g/mol. The van der Waals surface area contributed by atoms with Crippen LogP contribution in [0.5, 0.6) is 0 Å². The lowest BCUT2D eigenvalue weighted by Crippen LogP contribution is -2.41. The number of likely N-dealkylation sites (tertiary alicyclic amines) is 1. The van der Waals surface area contributed by atoms with Crippen LogP contribution in [-0.4, -0.2) is 48.2 Å². The normalized spacial score (nSPS) is 28.1. The van der Waals surface area contributed by atoms with E-state index in [9.17, 15) is 4.79 Å². The largest absolute Gasteiger partial charge is 0.481 e. The van der Waals surface area contributed by atoms with E-state index in [4.69, 9.17) is 5.11 Å². The number of nitrogens with zero attached hydrogens (tertiary/aromatic N) is 1. The molecule has 17 heavy (non-hydrogen) atoms. The molecule has 2 fully saturated rings. The number of carbonyl (C=O) groups is 1. The molecule has 0 aromatic carbocycles. The molecule has 1 atom stereocenters. The zero-order chi connectivity index (χ0) is 12.1. The Morgan fingerprint density at radius 2 is 2.00 bits per heavy atom. The van der Waals surface area contributed by atoms with Crippen LogP contribution in [0.4, 0.5) is 0 Å². The summed E-state index contributed by atoms with van der Waals surface area (Å²) in [7, 11) is 0. The van der Waals surface area contributed by atoms with Gasteiger partial charge in [-0.05, 0) is 58.3 Å². The van der Waals surface area contributed by atoms with E-state index in [0.29, 0.717) is 6.04 Å². The van der Waals surface area contributed by atoms with Crippen molar-refractivity contribution < 1.29 is 9.90 Å². The fourth-order valence-electron chi connectivity index (χ4n) is 2.91. The maximum absolute atomic E-state index is 10.8. The summed E-state index contributed by atoms with van der Waals surface area (Å²) < 4.78 is 0. The quantitative estimate of drug-likeness (QED) is 0.778. The van der Waals surface area contributed by atoms with Crippen molar-refractivity contribution in [1.82, 2.24) is 10.2 Å². The maximum Gasteiger partial charge on any atom is 0.306 e. The van der Waals surface area contributed by atoms with Crippen LogP contribution in [-0.2, 0) is 4.79 Å². The number of hydrogen-bond acceptors (Lipinski definition) is 3. The zero-order valence-corrected chi connectivity index (χ0v) is 10.5. The molecule has 2 N–H and O–H groups in total. The second-order valence-electron chi connectivity index (χ2n) is 5.39. The summed E-state index contributed by atoms with van der Waals surface area (Å²) in [6.45, 7) is 4.23. The van der Waals surface area contributed by atoms with E-state index in [-0.39, 0.29) is 5.92 Å². The molecule has 4 nitrogen and oxygen atoms in total. The lowest BCUT2D eigenvalue weighted by molar-refractivity contribution is -0.143. The molecule has 0 saturated carbocycles. The molecule has 0 bridgehead atoms. The first-order valence-electron chi connectivity index (χ1n) is 6.94. The first-order chi connectivity index (χ1) is 8.25. The average Bonchev–Trinajstić information content (AvgIpc) is 2.38. The molecule has 0 spiro atoms. The summed E-state index contributed by atoms with van der Waals surface area (Å²) in [5.41, 5.74) is 0. The summed E-state index contributed by atoms with van der Waals surface area (Å²) in [4.78, 5) is 13.3. The van der Waals surface area contributed by atoms with Crippen LogP contribution in [0.3, 0.4) is 0 Å². The van der Waals surface area contributed by atoms with Gasteiger partial charge < -0.3 is 15.3 Å². The second kappa shape index (κ2) is 6.36. The first kappa shape index (κ1) is 12.8. The predicted octanol–water partition coefficient (Wildman–Crippen LogP) is 1.32. The van der Waals surface area contributed by atoms with Crippen molar-refractivity contribution in [3.05, 3.63) is 0 Å². The monoisotopic (exact) mass is 240 g/mol. The summed E-state index contributed by atoms with van der Waals surface area (Å²) in [6, 6.07) is 0.695. The van der Waals surface area contributed by atoms with E-state index in [2.05, 4.69) is 10.2 Å². The van der Waals surface area contributed by atoms with Crippen LogP contribution in [0.25, 0.3) is 0 Å². The summed E-state index contributed by atoms with van der Waals surface area (Å²) in [5.74, 6) is -0.711. The van der Waals surface area contributed by atoms with E-state index >= 15 is 0 Å². The van der Waals surface area contributed by atoms with Crippen LogP contribution in [0.2, 0.25) is 0 Å². The highest BCUT2D eigenvalue weighted by Crippen LogP contribution is 2.18. The molecule has 98 valence electrons. The standard InChI is InChI=1S/C13H24N2O2/c16-13(17)11-4-8-15(9-5-11)10-6-12-3-1-2-7-14-12/h11-12,14H,1-10H2,(H,16,17). The van der Waals surface area contributed by atoms with Gasteiger partial charge in [0.2, 0.25) is 0 Å². The summed E-state index contributed by atoms with van der Waals surface area (Å²) in [6.07, 6.45) is 6.86. The Hall–Kier alpha value is -0.610. The predicted molar refractivity (Wildman–Crippen MR) is 67.1 cm³/mol. The number of rotatable bonds is 4. The highest BCUT2D eigenvalue weighted by Gasteiger charge is 2.24. The van der Waals surface area contributed by atoms with Gasteiger partial charge in [-0.25, -0.2) is 0 Å². The third-order valence-electron chi connectivity index (χ3n) is 4.14. The fourth-order valence-corrected chi connectivity index (χ4v) is 2.91. The Labute approximate surface area is 103 Å². The van der Waals surface area contributed by atoms with Gasteiger partial charge in [0.25, 0.3) is 0 Å². The topological polar surface area (TPSA) is 52.6 Å². The van der Waals surface area contributed by atoms with Crippen LogP contribution in [0, 0.1) is 5.92 Å².